The molecule has 3 nitrogen and oxygen atoms in total. The van der Waals surface area contributed by atoms with Gasteiger partial charge in [0.2, 0.25) is 0 Å². The Balaban J connectivity index is 2.40. The number of hydrogen-bond acceptors (Lipinski definition) is 4. The van der Waals surface area contributed by atoms with E-state index >= 15 is 0 Å². The third-order valence-electron chi connectivity index (χ3n) is 2.32. The number of benzene rings is 1. The van der Waals surface area contributed by atoms with Crippen LogP contribution in [0.2, 0.25) is 0 Å². The zero-order valence-electron chi connectivity index (χ0n) is 8.46. The summed E-state index contributed by atoms with van der Waals surface area (Å²) in [6.45, 7) is 0. The molecule has 1 unspecified atom stereocenters. The second-order valence-electron chi connectivity index (χ2n) is 3.42. The van der Waals surface area contributed by atoms with Crippen molar-refractivity contribution < 1.29 is 9.90 Å². The summed E-state index contributed by atoms with van der Waals surface area (Å²) >= 11 is 5.53. The minimum Gasteiger partial charge on any atom is -0.481 e. The summed E-state index contributed by atoms with van der Waals surface area (Å²) in [5.41, 5.74) is 0.868. The van der Waals surface area contributed by atoms with Gasteiger partial charge in [0, 0.05) is 0 Å². The van der Waals surface area contributed by atoms with Crippen LogP contribution in [0.5, 0.6) is 0 Å². The molecule has 0 fully saturated rings. The first-order valence-corrected chi connectivity index (χ1v) is 6.36. The van der Waals surface area contributed by atoms with E-state index in [1.807, 2.05) is 24.3 Å². The fraction of sp³-hybridized carbons (Fsp3) is 0.273. The van der Waals surface area contributed by atoms with Crippen molar-refractivity contribution in [3.8, 4) is 0 Å². The van der Waals surface area contributed by atoms with Crippen molar-refractivity contribution in [3.05, 3.63) is 29.3 Å². The van der Waals surface area contributed by atoms with E-state index in [4.69, 9.17) is 5.11 Å². The summed E-state index contributed by atoms with van der Waals surface area (Å²) in [5.74, 6) is -0.810. The minimum atomic E-state index is -0.826. The summed E-state index contributed by atoms with van der Waals surface area (Å²) in [5, 5.41) is 9.78. The molecule has 0 aliphatic carbocycles. The van der Waals surface area contributed by atoms with Gasteiger partial charge in [0.25, 0.3) is 0 Å². The lowest BCUT2D eigenvalue weighted by molar-refractivity contribution is -0.138. The van der Waals surface area contributed by atoms with Gasteiger partial charge in [0.05, 0.1) is 10.2 Å². The smallest absolute Gasteiger partial charge is 0.313 e. The maximum atomic E-state index is 11.1. The van der Waals surface area contributed by atoms with Crippen LogP contribution in [-0.4, -0.2) is 21.8 Å². The van der Waals surface area contributed by atoms with Crippen LogP contribution in [0.4, 0.5) is 0 Å². The van der Waals surface area contributed by atoms with E-state index in [9.17, 15) is 4.79 Å². The van der Waals surface area contributed by atoms with Crippen LogP contribution in [0, 0.1) is 0 Å². The van der Waals surface area contributed by atoms with E-state index in [-0.39, 0.29) is 0 Å². The molecule has 84 valence electrons. The van der Waals surface area contributed by atoms with Crippen LogP contribution in [0.25, 0.3) is 10.2 Å². The van der Waals surface area contributed by atoms with Gasteiger partial charge in [-0.2, -0.15) is 12.6 Å². The summed E-state index contributed by atoms with van der Waals surface area (Å²) in [6.07, 6.45) is 0.512. The van der Waals surface area contributed by atoms with Crippen LogP contribution in [0.1, 0.15) is 17.3 Å². The monoisotopic (exact) mass is 253 g/mol. The normalized spacial score (nSPS) is 12.8. The van der Waals surface area contributed by atoms with E-state index in [1.54, 1.807) is 0 Å². The zero-order chi connectivity index (χ0) is 11.5. The molecule has 1 N–H and O–H groups in total. The van der Waals surface area contributed by atoms with Crippen molar-refractivity contribution in [2.75, 3.05) is 5.75 Å². The number of aliphatic carboxylic acids is 1. The van der Waals surface area contributed by atoms with Crippen molar-refractivity contribution >= 4 is 40.2 Å². The Morgan fingerprint density at radius 3 is 2.88 bits per heavy atom. The zero-order valence-corrected chi connectivity index (χ0v) is 10.2. The molecular formula is C11H11NO2S2. The van der Waals surface area contributed by atoms with Gasteiger partial charge in [-0.1, -0.05) is 12.1 Å². The number of fused-ring (bicyclic) bond motifs is 1. The molecule has 0 aliphatic rings. The Bertz CT molecular complexity index is 476. The summed E-state index contributed by atoms with van der Waals surface area (Å²) < 4.78 is 1.03. The summed E-state index contributed by atoms with van der Waals surface area (Å²) in [6, 6.07) is 7.68. The number of hydrogen-bond donors (Lipinski definition) is 2. The molecule has 0 saturated heterocycles. The highest BCUT2D eigenvalue weighted by Crippen LogP contribution is 2.29. The molecule has 0 saturated carbocycles. The number of carboxylic acid groups (broad SMARTS) is 1. The molecule has 0 amide bonds. The van der Waals surface area contributed by atoms with Gasteiger partial charge in [-0.25, -0.2) is 4.98 Å². The van der Waals surface area contributed by atoms with Crippen molar-refractivity contribution in [1.82, 2.24) is 4.98 Å². The fourth-order valence-electron chi connectivity index (χ4n) is 1.52. The maximum Gasteiger partial charge on any atom is 0.313 e. The Morgan fingerprint density at radius 1 is 1.50 bits per heavy atom. The Labute approximate surface area is 103 Å². The highest BCUT2D eigenvalue weighted by molar-refractivity contribution is 7.80. The van der Waals surface area contributed by atoms with Crippen LogP contribution in [0.15, 0.2) is 24.3 Å². The second-order valence-corrected chi connectivity index (χ2v) is 4.93. The molecular weight excluding hydrogens is 242 g/mol. The Morgan fingerprint density at radius 2 is 2.25 bits per heavy atom. The quantitative estimate of drug-likeness (QED) is 0.824. The van der Waals surface area contributed by atoms with Gasteiger partial charge >= 0.3 is 5.97 Å². The number of aromatic nitrogens is 1. The molecule has 1 atom stereocenters. The molecule has 0 radical (unpaired) electrons. The highest BCUT2D eigenvalue weighted by atomic mass is 32.1. The molecule has 5 heteroatoms. The first-order chi connectivity index (χ1) is 7.72. The van der Waals surface area contributed by atoms with Gasteiger partial charge in [0.15, 0.2) is 0 Å². The second kappa shape index (κ2) is 4.84. The number of carboxylic acids is 1. The van der Waals surface area contributed by atoms with Gasteiger partial charge in [-0.3, -0.25) is 4.79 Å². The van der Waals surface area contributed by atoms with Gasteiger partial charge in [0.1, 0.15) is 10.9 Å². The van der Waals surface area contributed by atoms with Crippen LogP contribution in [0.3, 0.4) is 0 Å². The van der Waals surface area contributed by atoms with Crippen LogP contribution < -0.4 is 0 Å². The molecule has 1 heterocycles. The predicted molar refractivity (Wildman–Crippen MR) is 68.5 cm³/mol. The number of rotatable bonds is 4. The number of carbonyl (C=O) groups is 1. The van der Waals surface area contributed by atoms with Crippen molar-refractivity contribution in [2.24, 2.45) is 0 Å². The molecule has 0 bridgehead atoms. The van der Waals surface area contributed by atoms with E-state index in [2.05, 4.69) is 17.6 Å². The number of para-hydroxylation sites is 1. The SMILES string of the molecule is O=C(O)C(CCS)c1nc2ccccc2s1. The molecule has 2 rings (SSSR count). The molecule has 1 aromatic heterocycles. The van der Waals surface area contributed by atoms with Crippen molar-refractivity contribution in [1.29, 1.82) is 0 Å². The lowest BCUT2D eigenvalue weighted by atomic mass is 10.1. The largest absolute Gasteiger partial charge is 0.481 e. The van der Waals surface area contributed by atoms with E-state index in [1.165, 1.54) is 11.3 Å². The third kappa shape index (κ3) is 2.20. The topological polar surface area (TPSA) is 50.2 Å². The maximum absolute atomic E-state index is 11.1. The minimum absolute atomic E-state index is 0.512. The average molecular weight is 253 g/mol. The van der Waals surface area contributed by atoms with E-state index in [0.29, 0.717) is 17.2 Å². The highest BCUT2D eigenvalue weighted by Gasteiger charge is 2.22. The van der Waals surface area contributed by atoms with Gasteiger partial charge in [-0.15, -0.1) is 11.3 Å². The Kier molecular flexibility index (Phi) is 3.46. The van der Waals surface area contributed by atoms with E-state index < -0.39 is 11.9 Å². The predicted octanol–water partition coefficient (Wildman–Crippen LogP) is 2.78. The summed E-state index contributed by atoms with van der Waals surface area (Å²) in [4.78, 5) is 15.5. The van der Waals surface area contributed by atoms with Gasteiger partial charge < -0.3 is 5.11 Å². The number of nitrogens with zero attached hydrogens (tertiary/aromatic N) is 1. The van der Waals surface area contributed by atoms with Crippen molar-refractivity contribution in [2.45, 2.75) is 12.3 Å². The average Bonchev–Trinajstić information content (AvgIpc) is 2.68. The third-order valence-corrected chi connectivity index (χ3v) is 3.73. The Hall–Kier alpha value is -1.07. The number of thiol groups is 1. The van der Waals surface area contributed by atoms with Crippen molar-refractivity contribution in [3.63, 3.8) is 0 Å². The molecule has 1 aromatic carbocycles. The molecule has 0 spiro atoms. The lowest BCUT2D eigenvalue weighted by Gasteiger charge is -2.05. The summed E-state index contributed by atoms with van der Waals surface area (Å²) in [7, 11) is 0. The molecule has 0 aliphatic heterocycles. The standard InChI is InChI=1S/C11H11NO2S2/c13-11(14)7(5-6-15)10-12-8-3-1-2-4-9(8)16-10/h1-4,7,15H,5-6H2,(H,13,14). The number of thiazole rings is 1. The molecule has 2 aromatic rings. The fourth-order valence-corrected chi connectivity index (χ4v) is 2.87. The van der Waals surface area contributed by atoms with Crippen LogP contribution in [-0.2, 0) is 4.79 Å². The van der Waals surface area contributed by atoms with E-state index in [0.717, 1.165) is 10.2 Å². The molecule has 16 heavy (non-hydrogen) atoms. The first-order valence-electron chi connectivity index (χ1n) is 4.91. The lowest BCUT2D eigenvalue weighted by Crippen LogP contribution is -2.11. The van der Waals surface area contributed by atoms with Crippen LogP contribution >= 0.6 is 24.0 Å². The van der Waals surface area contributed by atoms with Gasteiger partial charge in [-0.05, 0) is 24.3 Å². The first kappa shape index (κ1) is 11.4.